The minimum atomic E-state index is -0.662. The maximum absolute atomic E-state index is 12.3. The van der Waals surface area contributed by atoms with Crippen molar-refractivity contribution in [1.29, 1.82) is 0 Å². The summed E-state index contributed by atoms with van der Waals surface area (Å²) in [6.07, 6.45) is 0. The number of amides is 1. The molecule has 0 spiro atoms. The van der Waals surface area contributed by atoms with E-state index in [0.29, 0.717) is 0 Å². The molecule has 0 atom stereocenters. The van der Waals surface area contributed by atoms with Crippen molar-refractivity contribution in [2.45, 2.75) is 0 Å². The highest BCUT2D eigenvalue weighted by Gasteiger charge is 2.02. The molecule has 0 aliphatic carbocycles. The number of nitrogens with zero attached hydrogens (tertiary/aromatic N) is 1. The Morgan fingerprint density at radius 1 is 1.36 bits per heavy atom. The molecule has 0 unspecified atom stereocenters. The lowest BCUT2D eigenvalue weighted by atomic mass is 10.2. The van der Waals surface area contributed by atoms with E-state index in [-0.39, 0.29) is 5.56 Å². The number of rotatable bonds is 1. The standard InChI is InChI=1S/C8H4FNO/c1-10-8(11)6-2-4-7(9)5-3-6/h2-5H. The number of benzene rings is 1. The Morgan fingerprint density at radius 3 is 2.36 bits per heavy atom. The van der Waals surface area contributed by atoms with Crippen LogP contribution in [0.3, 0.4) is 0 Å². The second kappa shape index (κ2) is 2.93. The molecule has 0 fully saturated rings. The molecular formula is C8H4FNO. The quantitative estimate of drug-likeness (QED) is 0.558. The molecule has 0 aliphatic heterocycles. The summed E-state index contributed by atoms with van der Waals surface area (Å²) in [6.45, 7) is 6.38. The molecule has 0 saturated heterocycles. The van der Waals surface area contributed by atoms with Crippen molar-refractivity contribution in [2.75, 3.05) is 0 Å². The van der Waals surface area contributed by atoms with Crippen molar-refractivity contribution >= 4 is 5.91 Å². The van der Waals surface area contributed by atoms with Gasteiger partial charge >= 0.3 is 5.91 Å². The molecule has 11 heavy (non-hydrogen) atoms. The van der Waals surface area contributed by atoms with E-state index in [4.69, 9.17) is 6.57 Å². The molecule has 1 rings (SSSR count). The summed E-state index contributed by atoms with van der Waals surface area (Å²) >= 11 is 0. The Kier molecular flexibility index (Phi) is 1.98. The average molecular weight is 149 g/mol. The second-order valence-corrected chi connectivity index (χ2v) is 1.92. The zero-order chi connectivity index (χ0) is 8.27. The van der Waals surface area contributed by atoms with E-state index in [9.17, 15) is 9.18 Å². The third-order valence-corrected chi connectivity index (χ3v) is 1.19. The molecule has 1 aromatic rings. The van der Waals surface area contributed by atoms with Crippen LogP contribution in [0.25, 0.3) is 4.85 Å². The first-order valence-corrected chi connectivity index (χ1v) is 2.91. The summed E-state index contributed by atoms with van der Waals surface area (Å²) in [5, 5.41) is 0. The Hall–Kier alpha value is -1.69. The number of carbonyl (C=O) groups excluding carboxylic acids is 1. The third kappa shape index (κ3) is 1.62. The van der Waals surface area contributed by atoms with Crippen LogP contribution < -0.4 is 0 Å². The molecule has 0 radical (unpaired) electrons. The van der Waals surface area contributed by atoms with Crippen LogP contribution in [-0.4, -0.2) is 5.91 Å². The molecule has 3 heteroatoms. The SMILES string of the molecule is [C-]#[N+]C(=O)c1ccc(F)cc1. The number of hydrogen-bond donors (Lipinski definition) is 0. The predicted molar refractivity (Wildman–Crippen MR) is 37.3 cm³/mol. The van der Waals surface area contributed by atoms with Gasteiger partial charge in [-0.2, -0.15) is 4.85 Å². The zero-order valence-corrected chi connectivity index (χ0v) is 5.54. The van der Waals surface area contributed by atoms with E-state index in [2.05, 4.69) is 4.85 Å². The molecule has 0 bridgehead atoms. The lowest BCUT2D eigenvalue weighted by Crippen LogP contribution is -1.90. The van der Waals surface area contributed by atoms with Gasteiger partial charge in [0.1, 0.15) is 5.82 Å². The molecule has 0 saturated carbocycles. The zero-order valence-electron chi connectivity index (χ0n) is 5.54. The van der Waals surface area contributed by atoms with Crippen LogP contribution in [-0.2, 0) is 0 Å². The molecular weight excluding hydrogens is 145 g/mol. The van der Waals surface area contributed by atoms with Crippen LogP contribution >= 0.6 is 0 Å². The maximum Gasteiger partial charge on any atom is 0.385 e. The van der Waals surface area contributed by atoms with E-state index in [0.717, 1.165) is 12.1 Å². The molecule has 1 aromatic carbocycles. The predicted octanol–water partition coefficient (Wildman–Crippen LogP) is 1.89. The van der Waals surface area contributed by atoms with Crippen molar-refractivity contribution < 1.29 is 9.18 Å². The molecule has 1 amide bonds. The van der Waals surface area contributed by atoms with Gasteiger partial charge in [-0.1, -0.05) is 12.1 Å². The lowest BCUT2D eigenvalue weighted by Gasteiger charge is -1.90. The summed E-state index contributed by atoms with van der Waals surface area (Å²) in [7, 11) is 0. The molecule has 0 N–H and O–H groups in total. The molecule has 0 aliphatic rings. The van der Waals surface area contributed by atoms with E-state index in [1.165, 1.54) is 12.1 Å². The van der Waals surface area contributed by atoms with Crippen molar-refractivity contribution in [3.8, 4) is 0 Å². The van der Waals surface area contributed by atoms with Gasteiger partial charge in [-0.3, -0.25) is 0 Å². The normalized spacial score (nSPS) is 8.73. The van der Waals surface area contributed by atoms with Gasteiger partial charge in [0.15, 0.2) is 0 Å². The Bertz CT molecular complexity index is 310. The van der Waals surface area contributed by atoms with Gasteiger partial charge in [0.25, 0.3) is 0 Å². The Morgan fingerprint density at radius 2 is 1.91 bits per heavy atom. The van der Waals surface area contributed by atoms with Crippen LogP contribution in [0, 0.1) is 12.4 Å². The number of carbonyl (C=O) groups is 1. The van der Waals surface area contributed by atoms with Crippen LogP contribution in [0.15, 0.2) is 24.3 Å². The van der Waals surface area contributed by atoms with Crippen LogP contribution in [0.4, 0.5) is 4.39 Å². The fourth-order valence-corrected chi connectivity index (χ4v) is 0.657. The van der Waals surface area contributed by atoms with Gasteiger partial charge < -0.3 is 4.79 Å². The van der Waals surface area contributed by atoms with Gasteiger partial charge in [0.2, 0.25) is 0 Å². The van der Waals surface area contributed by atoms with Crippen LogP contribution in [0.2, 0.25) is 0 Å². The highest BCUT2D eigenvalue weighted by molar-refractivity contribution is 6.01. The molecule has 0 aromatic heterocycles. The number of hydrogen-bond acceptors (Lipinski definition) is 1. The van der Waals surface area contributed by atoms with Crippen molar-refractivity contribution in [2.24, 2.45) is 0 Å². The lowest BCUT2D eigenvalue weighted by molar-refractivity contribution is 0.104. The number of halogens is 1. The first-order chi connectivity index (χ1) is 5.24. The van der Waals surface area contributed by atoms with E-state index < -0.39 is 11.7 Å². The fourth-order valence-electron chi connectivity index (χ4n) is 0.657. The summed E-state index contributed by atoms with van der Waals surface area (Å²) in [4.78, 5) is 13.3. The topological polar surface area (TPSA) is 21.4 Å². The Balaban J connectivity index is 3.01. The molecule has 54 valence electrons. The van der Waals surface area contributed by atoms with Gasteiger partial charge in [0.05, 0.1) is 6.57 Å². The minimum Gasteiger partial charge on any atom is -0.311 e. The van der Waals surface area contributed by atoms with Gasteiger partial charge in [-0.25, -0.2) is 4.39 Å². The van der Waals surface area contributed by atoms with E-state index in [1.807, 2.05) is 0 Å². The van der Waals surface area contributed by atoms with Gasteiger partial charge in [-0.15, -0.1) is 0 Å². The van der Waals surface area contributed by atoms with Crippen molar-refractivity contribution in [3.05, 3.63) is 47.1 Å². The molecule has 0 heterocycles. The van der Waals surface area contributed by atoms with Gasteiger partial charge in [0, 0.05) is 5.56 Å². The highest BCUT2D eigenvalue weighted by atomic mass is 19.1. The van der Waals surface area contributed by atoms with E-state index in [1.54, 1.807) is 0 Å². The minimum absolute atomic E-state index is 0.224. The van der Waals surface area contributed by atoms with Crippen molar-refractivity contribution in [3.63, 3.8) is 0 Å². The molecule has 2 nitrogen and oxygen atoms in total. The van der Waals surface area contributed by atoms with Gasteiger partial charge in [-0.05, 0) is 12.1 Å². The summed E-state index contributed by atoms with van der Waals surface area (Å²) in [5.74, 6) is -1.07. The summed E-state index contributed by atoms with van der Waals surface area (Å²) in [6, 6.07) is 4.88. The first-order valence-electron chi connectivity index (χ1n) is 2.91. The highest BCUT2D eigenvalue weighted by Crippen LogP contribution is 2.03. The smallest absolute Gasteiger partial charge is 0.311 e. The maximum atomic E-state index is 12.3. The third-order valence-electron chi connectivity index (χ3n) is 1.19. The largest absolute Gasteiger partial charge is 0.385 e. The second-order valence-electron chi connectivity index (χ2n) is 1.92. The van der Waals surface area contributed by atoms with E-state index >= 15 is 0 Å². The summed E-state index contributed by atoms with van der Waals surface area (Å²) < 4.78 is 12.3. The first kappa shape index (κ1) is 7.42. The average Bonchev–Trinajstić information content (AvgIpc) is 2.05. The van der Waals surface area contributed by atoms with Crippen LogP contribution in [0.1, 0.15) is 10.4 Å². The van der Waals surface area contributed by atoms with Crippen molar-refractivity contribution in [1.82, 2.24) is 0 Å². The summed E-state index contributed by atoms with van der Waals surface area (Å²) in [5.41, 5.74) is 0.224. The monoisotopic (exact) mass is 149 g/mol. The van der Waals surface area contributed by atoms with Crippen LogP contribution in [0.5, 0.6) is 0 Å². The fraction of sp³-hybridized carbons (Fsp3) is 0. The Labute approximate surface area is 63.1 Å².